The van der Waals surface area contributed by atoms with E-state index in [0.29, 0.717) is 12.0 Å². The number of methoxy groups -OCH3 is 1. The van der Waals surface area contributed by atoms with Gasteiger partial charge in [-0.05, 0) is 62.7 Å². The zero-order chi connectivity index (χ0) is 15.6. The zero-order valence-electron chi connectivity index (χ0n) is 14.0. The lowest BCUT2D eigenvalue weighted by molar-refractivity contribution is -0.123. The van der Waals surface area contributed by atoms with Gasteiger partial charge in [0.05, 0.1) is 7.11 Å². The summed E-state index contributed by atoms with van der Waals surface area (Å²) in [5.74, 6) is 1.39. The molecular formula is C18H27ClN2O2. The van der Waals surface area contributed by atoms with Gasteiger partial charge < -0.3 is 15.4 Å². The summed E-state index contributed by atoms with van der Waals surface area (Å²) >= 11 is 0. The van der Waals surface area contributed by atoms with Gasteiger partial charge in [-0.1, -0.05) is 17.7 Å². The second-order valence-corrected chi connectivity index (χ2v) is 6.73. The minimum Gasteiger partial charge on any atom is -0.496 e. The zero-order valence-corrected chi connectivity index (χ0v) is 14.8. The maximum Gasteiger partial charge on any atom is 0.223 e. The highest BCUT2D eigenvalue weighted by Crippen LogP contribution is 2.58. The molecule has 1 amide bonds. The number of aryl methyl sites for hydroxylation is 1. The van der Waals surface area contributed by atoms with E-state index < -0.39 is 0 Å². The van der Waals surface area contributed by atoms with Gasteiger partial charge in [-0.3, -0.25) is 4.79 Å². The van der Waals surface area contributed by atoms with Crippen molar-refractivity contribution >= 4 is 18.3 Å². The topological polar surface area (TPSA) is 50.4 Å². The third-order valence-electron chi connectivity index (χ3n) is 5.24. The minimum absolute atomic E-state index is 0. The lowest BCUT2D eigenvalue weighted by Crippen LogP contribution is -2.34. The highest BCUT2D eigenvalue weighted by molar-refractivity contribution is 5.85. The number of hydrogen-bond acceptors (Lipinski definition) is 3. The molecule has 0 bridgehead atoms. The number of halogens is 1. The lowest BCUT2D eigenvalue weighted by atomic mass is 9.92. The number of hydrogen-bond donors (Lipinski definition) is 2. The van der Waals surface area contributed by atoms with Crippen LogP contribution in [0.15, 0.2) is 18.2 Å². The summed E-state index contributed by atoms with van der Waals surface area (Å²) in [6.45, 7) is 4.88. The standard InChI is InChI=1S/C18H26N2O2.ClH/c1-13-3-4-16(22-2)14(11-13)5-8-20-17(21)15-12-18(15)6-9-19-10-7-18;/h3-4,11,15,19H,5-10,12H2,1-2H3,(H,20,21);1H. The van der Waals surface area contributed by atoms with Gasteiger partial charge in [0.15, 0.2) is 0 Å². The Morgan fingerprint density at radius 1 is 1.39 bits per heavy atom. The maximum absolute atomic E-state index is 12.3. The summed E-state index contributed by atoms with van der Waals surface area (Å²) in [5.41, 5.74) is 2.70. The first kappa shape index (κ1) is 18.1. The van der Waals surface area contributed by atoms with Crippen molar-refractivity contribution in [3.63, 3.8) is 0 Å². The number of piperidine rings is 1. The Balaban J connectivity index is 0.00000192. The predicted molar refractivity (Wildman–Crippen MR) is 94.3 cm³/mol. The van der Waals surface area contributed by atoms with E-state index in [2.05, 4.69) is 23.6 Å². The number of amides is 1. The molecular weight excluding hydrogens is 312 g/mol. The molecule has 5 heteroatoms. The molecule has 1 saturated heterocycles. The monoisotopic (exact) mass is 338 g/mol. The largest absolute Gasteiger partial charge is 0.496 e. The average molecular weight is 339 g/mol. The number of rotatable bonds is 5. The van der Waals surface area contributed by atoms with Gasteiger partial charge in [0.25, 0.3) is 0 Å². The van der Waals surface area contributed by atoms with Crippen LogP contribution in [0.1, 0.15) is 30.4 Å². The number of nitrogens with one attached hydrogen (secondary N) is 2. The Hall–Kier alpha value is -1.26. The lowest BCUT2D eigenvalue weighted by Gasteiger charge is -2.23. The summed E-state index contributed by atoms with van der Waals surface area (Å²) in [6.07, 6.45) is 4.19. The first-order chi connectivity index (χ1) is 10.6. The summed E-state index contributed by atoms with van der Waals surface area (Å²) in [6, 6.07) is 6.18. The summed E-state index contributed by atoms with van der Waals surface area (Å²) in [4.78, 5) is 12.3. The molecule has 1 unspecified atom stereocenters. The van der Waals surface area contributed by atoms with Crippen LogP contribution in [0.2, 0.25) is 0 Å². The number of carbonyl (C=O) groups is 1. The molecule has 1 heterocycles. The summed E-state index contributed by atoms with van der Waals surface area (Å²) < 4.78 is 5.39. The van der Waals surface area contributed by atoms with Gasteiger partial charge in [-0.15, -0.1) is 12.4 Å². The number of carbonyl (C=O) groups excluding carboxylic acids is 1. The Bertz CT molecular complexity index is 556. The van der Waals surface area contributed by atoms with Crippen molar-refractivity contribution in [1.29, 1.82) is 0 Å². The van der Waals surface area contributed by atoms with Crippen LogP contribution in [-0.4, -0.2) is 32.7 Å². The van der Waals surface area contributed by atoms with E-state index in [1.54, 1.807) is 7.11 Å². The van der Waals surface area contributed by atoms with Crippen LogP contribution in [0.4, 0.5) is 0 Å². The Morgan fingerprint density at radius 2 is 2.13 bits per heavy atom. The van der Waals surface area contributed by atoms with Crippen LogP contribution >= 0.6 is 12.4 Å². The fourth-order valence-electron chi connectivity index (χ4n) is 3.74. The van der Waals surface area contributed by atoms with E-state index in [9.17, 15) is 4.79 Å². The van der Waals surface area contributed by atoms with Crippen LogP contribution < -0.4 is 15.4 Å². The minimum atomic E-state index is 0. The van der Waals surface area contributed by atoms with Gasteiger partial charge in [0.2, 0.25) is 5.91 Å². The molecule has 2 fully saturated rings. The van der Waals surface area contributed by atoms with Crippen LogP contribution in [0.5, 0.6) is 5.75 Å². The molecule has 1 spiro atoms. The van der Waals surface area contributed by atoms with E-state index in [4.69, 9.17) is 4.74 Å². The van der Waals surface area contributed by atoms with Gasteiger partial charge in [-0.2, -0.15) is 0 Å². The highest BCUT2D eigenvalue weighted by Gasteiger charge is 2.57. The van der Waals surface area contributed by atoms with E-state index in [1.165, 1.54) is 5.56 Å². The van der Waals surface area contributed by atoms with Crippen molar-refractivity contribution in [2.45, 2.75) is 32.6 Å². The van der Waals surface area contributed by atoms with Gasteiger partial charge in [-0.25, -0.2) is 0 Å². The van der Waals surface area contributed by atoms with Crippen LogP contribution in [0.25, 0.3) is 0 Å². The van der Waals surface area contributed by atoms with Gasteiger partial charge in [0.1, 0.15) is 5.75 Å². The second kappa shape index (κ2) is 7.54. The average Bonchev–Trinajstić information content (AvgIpc) is 3.21. The van der Waals surface area contributed by atoms with Crippen LogP contribution in [0.3, 0.4) is 0 Å². The van der Waals surface area contributed by atoms with Crippen molar-refractivity contribution in [2.75, 3.05) is 26.7 Å². The molecule has 2 aliphatic rings. The van der Waals surface area contributed by atoms with E-state index >= 15 is 0 Å². The van der Waals surface area contributed by atoms with Crippen molar-refractivity contribution < 1.29 is 9.53 Å². The summed E-state index contributed by atoms with van der Waals surface area (Å²) in [7, 11) is 1.69. The Labute approximate surface area is 144 Å². The van der Waals surface area contributed by atoms with E-state index in [1.807, 2.05) is 12.1 Å². The maximum atomic E-state index is 12.3. The highest BCUT2D eigenvalue weighted by atomic mass is 35.5. The van der Waals surface area contributed by atoms with Gasteiger partial charge in [0, 0.05) is 12.5 Å². The molecule has 1 atom stereocenters. The third kappa shape index (κ3) is 3.99. The molecule has 1 aromatic carbocycles. The number of ether oxygens (including phenoxy) is 1. The molecule has 4 nitrogen and oxygen atoms in total. The van der Waals surface area contributed by atoms with Crippen molar-refractivity contribution in [3.05, 3.63) is 29.3 Å². The smallest absolute Gasteiger partial charge is 0.223 e. The quantitative estimate of drug-likeness (QED) is 0.867. The Morgan fingerprint density at radius 3 is 2.83 bits per heavy atom. The molecule has 2 N–H and O–H groups in total. The van der Waals surface area contributed by atoms with E-state index in [0.717, 1.165) is 50.1 Å². The van der Waals surface area contributed by atoms with Gasteiger partial charge >= 0.3 is 0 Å². The second-order valence-electron chi connectivity index (χ2n) is 6.73. The number of benzene rings is 1. The fraction of sp³-hybridized carbons (Fsp3) is 0.611. The first-order valence-electron chi connectivity index (χ1n) is 8.27. The fourth-order valence-corrected chi connectivity index (χ4v) is 3.74. The van der Waals surface area contributed by atoms with Crippen LogP contribution in [-0.2, 0) is 11.2 Å². The van der Waals surface area contributed by atoms with Crippen molar-refractivity contribution in [3.8, 4) is 5.75 Å². The van der Waals surface area contributed by atoms with Crippen molar-refractivity contribution in [2.24, 2.45) is 11.3 Å². The molecule has 0 radical (unpaired) electrons. The van der Waals surface area contributed by atoms with Crippen molar-refractivity contribution in [1.82, 2.24) is 10.6 Å². The molecule has 1 saturated carbocycles. The normalized spacial score (nSPS) is 21.4. The summed E-state index contributed by atoms with van der Waals surface area (Å²) in [5, 5.41) is 6.50. The predicted octanol–water partition coefficient (Wildman–Crippen LogP) is 2.47. The Kier molecular flexibility index (Phi) is 5.93. The molecule has 3 rings (SSSR count). The SMILES string of the molecule is COc1ccc(C)cc1CCNC(=O)C1CC12CCNCC2.Cl. The third-order valence-corrected chi connectivity index (χ3v) is 5.24. The molecule has 1 aromatic rings. The van der Waals surface area contributed by atoms with E-state index in [-0.39, 0.29) is 24.2 Å². The molecule has 1 aliphatic carbocycles. The molecule has 0 aromatic heterocycles. The molecule has 23 heavy (non-hydrogen) atoms. The molecule has 1 aliphatic heterocycles. The molecule has 128 valence electrons. The van der Waals surface area contributed by atoms with Crippen LogP contribution in [0, 0.1) is 18.3 Å². The first-order valence-corrected chi connectivity index (χ1v) is 8.27.